The third-order valence-corrected chi connectivity index (χ3v) is 3.33. The van der Waals surface area contributed by atoms with Crippen molar-refractivity contribution in [3.8, 4) is 5.69 Å². The molecule has 0 bridgehead atoms. The third-order valence-electron chi connectivity index (χ3n) is 3.33. The summed E-state index contributed by atoms with van der Waals surface area (Å²) >= 11 is 0. The van der Waals surface area contributed by atoms with E-state index in [1.165, 1.54) is 35.9 Å². The summed E-state index contributed by atoms with van der Waals surface area (Å²) in [5.41, 5.74) is 1.11. The maximum atomic E-state index is 13.8. The van der Waals surface area contributed by atoms with E-state index in [1.54, 1.807) is 25.1 Å². The van der Waals surface area contributed by atoms with Gasteiger partial charge in [0, 0.05) is 14.1 Å². The molecule has 0 aliphatic rings. The van der Waals surface area contributed by atoms with Gasteiger partial charge in [0.25, 0.3) is 5.91 Å². The van der Waals surface area contributed by atoms with Crippen LogP contribution >= 0.6 is 0 Å². The molecule has 22 heavy (non-hydrogen) atoms. The molecule has 2 rings (SSSR count). The summed E-state index contributed by atoms with van der Waals surface area (Å²) < 4.78 is 15.2. The zero-order valence-electron chi connectivity index (χ0n) is 12.6. The number of benzene rings is 1. The van der Waals surface area contributed by atoms with Gasteiger partial charge in [0.2, 0.25) is 5.91 Å². The topological polar surface area (TPSA) is 67.2 Å². The SMILES string of the molecule is CNC(=O)CN(C)C(=O)c1cnn(-c2ccccc2F)c1C. The Labute approximate surface area is 127 Å². The maximum Gasteiger partial charge on any atom is 0.257 e. The van der Waals surface area contributed by atoms with Gasteiger partial charge in [-0.2, -0.15) is 5.10 Å². The van der Waals surface area contributed by atoms with Crippen LogP contribution in [0.3, 0.4) is 0 Å². The number of nitrogens with one attached hydrogen (secondary N) is 1. The van der Waals surface area contributed by atoms with Crippen molar-refractivity contribution in [2.45, 2.75) is 6.92 Å². The summed E-state index contributed by atoms with van der Waals surface area (Å²) in [5, 5.41) is 6.53. The van der Waals surface area contributed by atoms with Gasteiger partial charge in [-0.25, -0.2) is 9.07 Å². The smallest absolute Gasteiger partial charge is 0.257 e. The number of aromatic nitrogens is 2. The first-order chi connectivity index (χ1) is 10.5. The van der Waals surface area contributed by atoms with E-state index in [2.05, 4.69) is 10.4 Å². The molecule has 2 amide bonds. The first kappa shape index (κ1) is 15.7. The number of rotatable bonds is 4. The van der Waals surface area contributed by atoms with E-state index in [1.807, 2.05) is 0 Å². The zero-order chi connectivity index (χ0) is 16.3. The second kappa shape index (κ2) is 6.38. The molecule has 0 radical (unpaired) electrons. The molecule has 0 aliphatic carbocycles. The summed E-state index contributed by atoms with van der Waals surface area (Å²) in [6.45, 7) is 1.63. The van der Waals surface area contributed by atoms with E-state index in [0.29, 0.717) is 11.3 Å². The van der Waals surface area contributed by atoms with E-state index < -0.39 is 5.82 Å². The Balaban J connectivity index is 2.30. The fourth-order valence-corrected chi connectivity index (χ4v) is 2.06. The second-order valence-corrected chi connectivity index (χ2v) is 4.84. The van der Waals surface area contributed by atoms with Gasteiger partial charge in [-0.05, 0) is 19.1 Å². The lowest BCUT2D eigenvalue weighted by molar-refractivity contribution is -0.121. The van der Waals surface area contributed by atoms with Crippen LogP contribution in [0.1, 0.15) is 16.1 Å². The van der Waals surface area contributed by atoms with E-state index in [9.17, 15) is 14.0 Å². The highest BCUT2D eigenvalue weighted by atomic mass is 19.1. The van der Waals surface area contributed by atoms with Crippen LogP contribution in [0.5, 0.6) is 0 Å². The summed E-state index contributed by atoms with van der Waals surface area (Å²) in [7, 11) is 3.03. The van der Waals surface area contributed by atoms with E-state index in [4.69, 9.17) is 0 Å². The molecule has 0 unspecified atom stereocenters. The fourth-order valence-electron chi connectivity index (χ4n) is 2.06. The molecular formula is C15H17FN4O2. The van der Waals surface area contributed by atoms with Crippen molar-refractivity contribution in [3.63, 3.8) is 0 Å². The minimum absolute atomic E-state index is 0.0559. The number of carbonyl (C=O) groups excluding carboxylic acids is 2. The molecule has 0 saturated heterocycles. The Hall–Kier alpha value is -2.70. The number of amides is 2. The Morgan fingerprint density at radius 2 is 2.05 bits per heavy atom. The van der Waals surface area contributed by atoms with Gasteiger partial charge in [0.1, 0.15) is 11.5 Å². The first-order valence-electron chi connectivity index (χ1n) is 6.71. The summed E-state index contributed by atoms with van der Waals surface area (Å²) in [5.74, 6) is -1.04. The van der Waals surface area contributed by atoms with Crippen LogP contribution in [0, 0.1) is 12.7 Å². The van der Waals surface area contributed by atoms with Crippen LogP contribution in [0.2, 0.25) is 0 Å². The van der Waals surface area contributed by atoms with Gasteiger partial charge in [-0.1, -0.05) is 12.1 Å². The van der Waals surface area contributed by atoms with Crippen molar-refractivity contribution >= 4 is 11.8 Å². The number of halogens is 1. The van der Waals surface area contributed by atoms with Crippen LogP contribution in [0.25, 0.3) is 5.69 Å². The molecule has 0 saturated carbocycles. The molecule has 0 spiro atoms. The molecule has 0 fully saturated rings. The van der Waals surface area contributed by atoms with Crippen molar-refractivity contribution in [2.75, 3.05) is 20.6 Å². The normalized spacial score (nSPS) is 10.4. The second-order valence-electron chi connectivity index (χ2n) is 4.84. The fraction of sp³-hybridized carbons (Fsp3) is 0.267. The van der Waals surface area contributed by atoms with Crippen molar-refractivity contribution in [3.05, 3.63) is 47.5 Å². The summed E-state index contributed by atoms with van der Waals surface area (Å²) in [6, 6.07) is 6.19. The largest absolute Gasteiger partial charge is 0.358 e. The quantitative estimate of drug-likeness (QED) is 0.921. The Kier molecular flexibility index (Phi) is 4.55. The molecule has 1 heterocycles. The van der Waals surface area contributed by atoms with Crippen LogP contribution in [-0.2, 0) is 4.79 Å². The van der Waals surface area contributed by atoms with Gasteiger partial charge in [0.05, 0.1) is 24.0 Å². The number of hydrogen-bond acceptors (Lipinski definition) is 3. The van der Waals surface area contributed by atoms with Crippen molar-refractivity contribution in [1.29, 1.82) is 0 Å². The minimum atomic E-state index is -0.425. The molecule has 0 atom stereocenters. The molecule has 1 aromatic heterocycles. The van der Waals surface area contributed by atoms with E-state index >= 15 is 0 Å². The van der Waals surface area contributed by atoms with Crippen LogP contribution < -0.4 is 5.32 Å². The summed E-state index contributed by atoms with van der Waals surface area (Å²) in [4.78, 5) is 25.0. The number of carbonyl (C=O) groups is 2. The van der Waals surface area contributed by atoms with Gasteiger partial charge in [-0.15, -0.1) is 0 Å². The van der Waals surface area contributed by atoms with Gasteiger partial charge >= 0.3 is 0 Å². The Bertz CT molecular complexity index is 711. The van der Waals surface area contributed by atoms with Crippen LogP contribution in [-0.4, -0.2) is 47.1 Å². The van der Waals surface area contributed by atoms with Crippen molar-refractivity contribution in [2.24, 2.45) is 0 Å². The average Bonchev–Trinajstić information content (AvgIpc) is 2.88. The predicted octanol–water partition coefficient (Wildman–Crippen LogP) is 1.14. The van der Waals surface area contributed by atoms with Gasteiger partial charge in [0.15, 0.2) is 0 Å². The van der Waals surface area contributed by atoms with E-state index in [-0.39, 0.29) is 24.0 Å². The van der Waals surface area contributed by atoms with Crippen LogP contribution in [0.4, 0.5) is 4.39 Å². The predicted molar refractivity (Wildman–Crippen MR) is 79.3 cm³/mol. The molecule has 1 aromatic carbocycles. The number of para-hydroxylation sites is 1. The molecule has 2 aromatic rings. The minimum Gasteiger partial charge on any atom is -0.358 e. The number of likely N-dealkylation sites (N-methyl/N-ethyl adjacent to an activating group) is 2. The molecule has 0 aliphatic heterocycles. The number of hydrogen-bond donors (Lipinski definition) is 1. The molecule has 7 heteroatoms. The van der Waals surface area contributed by atoms with Crippen molar-refractivity contribution in [1.82, 2.24) is 20.0 Å². The maximum absolute atomic E-state index is 13.8. The lowest BCUT2D eigenvalue weighted by Crippen LogP contribution is -2.37. The lowest BCUT2D eigenvalue weighted by atomic mass is 10.2. The highest BCUT2D eigenvalue weighted by Gasteiger charge is 2.20. The molecular weight excluding hydrogens is 287 g/mol. The van der Waals surface area contributed by atoms with Gasteiger partial charge < -0.3 is 10.2 Å². The monoisotopic (exact) mass is 304 g/mol. The Morgan fingerprint density at radius 3 is 2.68 bits per heavy atom. The lowest BCUT2D eigenvalue weighted by Gasteiger charge is -2.15. The highest BCUT2D eigenvalue weighted by molar-refractivity contribution is 5.97. The standard InChI is InChI=1S/C15H17FN4O2/c1-10-11(15(22)19(3)9-14(21)17-2)8-18-20(10)13-7-5-4-6-12(13)16/h4-8H,9H2,1-3H3,(H,17,21). The van der Waals surface area contributed by atoms with Crippen LogP contribution in [0.15, 0.2) is 30.5 Å². The molecule has 1 N–H and O–H groups in total. The molecule has 6 nitrogen and oxygen atoms in total. The third kappa shape index (κ3) is 2.98. The number of nitrogens with zero attached hydrogens (tertiary/aromatic N) is 3. The molecule has 116 valence electrons. The summed E-state index contributed by atoms with van der Waals surface area (Å²) in [6.07, 6.45) is 1.38. The van der Waals surface area contributed by atoms with Crippen molar-refractivity contribution < 1.29 is 14.0 Å². The zero-order valence-corrected chi connectivity index (χ0v) is 12.6. The highest BCUT2D eigenvalue weighted by Crippen LogP contribution is 2.17. The Morgan fingerprint density at radius 1 is 1.36 bits per heavy atom. The average molecular weight is 304 g/mol. The van der Waals surface area contributed by atoms with Gasteiger partial charge in [-0.3, -0.25) is 9.59 Å². The van der Waals surface area contributed by atoms with E-state index in [0.717, 1.165) is 0 Å². The first-order valence-corrected chi connectivity index (χ1v) is 6.71.